The van der Waals surface area contributed by atoms with Gasteiger partial charge in [0, 0.05) is 38.4 Å². The minimum Gasteiger partial charge on any atom is -0.497 e. The first-order chi connectivity index (χ1) is 10.7. The molecular weight excluding hydrogens is 272 g/mol. The fourth-order valence-electron chi connectivity index (χ4n) is 3.02. The minimum absolute atomic E-state index is 0.941. The molecule has 2 aromatic rings. The first-order valence-electron chi connectivity index (χ1n) is 7.91. The van der Waals surface area contributed by atoms with Crippen LogP contribution < -0.4 is 9.64 Å². The number of hydrogen-bond donors (Lipinski definition) is 0. The van der Waals surface area contributed by atoms with Gasteiger partial charge in [0.25, 0.3) is 0 Å². The predicted octanol–water partition coefficient (Wildman–Crippen LogP) is 3.33. The van der Waals surface area contributed by atoms with E-state index >= 15 is 0 Å². The number of aryl methyl sites for hydroxylation is 1. The van der Waals surface area contributed by atoms with Crippen molar-refractivity contribution < 1.29 is 4.74 Å². The highest BCUT2D eigenvalue weighted by molar-refractivity contribution is 5.48. The summed E-state index contributed by atoms with van der Waals surface area (Å²) in [5.41, 5.74) is 4.00. The van der Waals surface area contributed by atoms with Crippen molar-refractivity contribution in [2.75, 3.05) is 38.2 Å². The summed E-state index contributed by atoms with van der Waals surface area (Å²) in [5.74, 6) is 0.941. The van der Waals surface area contributed by atoms with Crippen molar-refractivity contribution in [2.24, 2.45) is 0 Å². The van der Waals surface area contributed by atoms with E-state index in [0.29, 0.717) is 0 Å². The minimum atomic E-state index is 0.941. The van der Waals surface area contributed by atoms with E-state index in [2.05, 4.69) is 59.2 Å². The summed E-state index contributed by atoms with van der Waals surface area (Å²) in [6.45, 7) is 7.54. The molecule has 0 saturated carbocycles. The molecule has 116 valence electrons. The van der Waals surface area contributed by atoms with Crippen LogP contribution in [0.2, 0.25) is 0 Å². The molecule has 0 unspecified atom stereocenters. The maximum absolute atomic E-state index is 5.30. The third-order valence-corrected chi connectivity index (χ3v) is 4.28. The largest absolute Gasteiger partial charge is 0.497 e. The second-order valence-electron chi connectivity index (χ2n) is 5.95. The molecule has 2 aromatic carbocycles. The van der Waals surface area contributed by atoms with E-state index in [4.69, 9.17) is 4.74 Å². The highest BCUT2D eigenvalue weighted by atomic mass is 16.5. The Morgan fingerprint density at radius 1 is 0.955 bits per heavy atom. The number of hydrogen-bond acceptors (Lipinski definition) is 3. The summed E-state index contributed by atoms with van der Waals surface area (Å²) >= 11 is 0. The van der Waals surface area contributed by atoms with Crippen LogP contribution >= 0.6 is 0 Å². The van der Waals surface area contributed by atoms with Crippen LogP contribution in [0, 0.1) is 6.92 Å². The highest BCUT2D eigenvalue weighted by Gasteiger charge is 2.17. The maximum Gasteiger partial charge on any atom is 0.119 e. The number of ether oxygens (including phenoxy) is 1. The van der Waals surface area contributed by atoms with Crippen molar-refractivity contribution in [2.45, 2.75) is 13.5 Å². The molecule has 1 saturated heterocycles. The number of anilines is 1. The van der Waals surface area contributed by atoms with Crippen molar-refractivity contribution in [1.29, 1.82) is 0 Å². The van der Waals surface area contributed by atoms with Gasteiger partial charge in [0.15, 0.2) is 0 Å². The van der Waals surface area contributed by atoms with Gasteiger partial charge < -0.3 is 9.64 Å². The Morgan fingerprint density at radius 3 is 2.45 bits per heavy atom. The summed E-state index contributed by atoms with van der Waals surface area (Å²) in [5, 5.41) is 0. The lowest BCUT2D eigenvalue weighted by Crippen LogP contribution is -2.45. The molecule has 0 spiro atoms. The van der Waals surface area contributed by atoms with Gasteiger partial charge in [-0.1, -0.05) is 24.3 Å². The number of benzene rings is 2. The molecule has 0 aliphatic carbocycles. The summed E-state index contributed by atoms with van der Waals surface area (Å²) < 4.78 is 5.30. The monoisotopic (exact) mass is 296 g/mol. The van der Waals surface area contributed by atoms with Gasteiger partial charge in [0.1, 0.15) is 5.75 Å². The first-order valence-corrected chi connectivity index (χ1v) is 7.91. The third kappa shape index (κ3) is 3.60. The van der Waals surface area contributed by atoms with Gasteiger partial charge in [-0.05, 0) is 42.3 Å². The molecule has 0 amide bonds. The van der Waals surface area contributed by atoms with E-state index in [9.17, 15) is 0 Å². The summed E-state index contributed by atoms with van der Waals surface area (Å²) in [6.07, 6.45) is 0. The molecule has 3 rings (SSSR count). The number of nitrogens with zero attached hydrogens (tertiary/aromatic N) is 2. The second kappa shape index (κ2) is 6.84. The van der Waals surface area contributed by atoms with Crippen LogP contribution in [-0.2, 0) is 6.54 Å². The van der Waals surface area contributed by atoms with Gasteiger partial charge >= 0.3 is 0 Å². The van der Waals surface area contributed by atoms with Crippen molar-refractivity contribution in [3.63, 3.8) is 0 Å². The summed E-state index contributed by atoms with van der Waals surface area (Å²) in [7, 11) is 1.72. The van der Waals surface area contributed by atoms with Gasteiger partial charge in [-0.3, -0.25) is 4.90 Å². The molecular formula is C19H24N2O. The van der Waals surface area contributed by atoms with Crippen LogP contribution in [0.3, 0.4) is 0 Å². The molecule has 3 nitrogen and oxygen atoms in total. The zero-order valence-corrected chi connectivity index (χ0v) is 13.5. The molecule has 0 bridgehead atoms. The van der Waals surface area contributed by atoms with E-state index in [1.54, 1.807) is 7.11 Å². The third-order valence-electron chi connectivity index (χ3n) is 4.28. The Hall–Kier alpha value is -2.00. The maximum atomic E-state index is 5.30. The van der Waals surface area contributed by atoms with E-state index in [1.807, 2.05) is 6.07 Å². The topological polar surface area (TPSA) is 15.7 Å². The Bertz CT molecular complexity index is 618. The van der Waals surface area contributed by atoms with Crippen molar-refractivity contribution in [3.05, 3.63) is 59.7 Å². The Morgan fingerprint density at radius 2 is 1.73 bits per heavy atom. The van der Waals surface area contributed by atoms with Gasteiger partial charge in [-0.25, -0.2) is 0 Å². The Balaban J connectivity index is 1.57. The molecule has 0 aromatic heterocycles. The molecule has 22 heavy (non-hydrogen) atoms. The van der Waals surface area contributed by atoms with Crippen LogP contribution in [0.1, 0.15) is 11.1 Å². The van der Waals surface area contributed by atoms with Gasteiger partial charge in [0.2, 0.25) is 0 Å². The molecule has 1 aliphatic heterocycles. The summed E-state index contributed by atoms with van der Waals surface area (Å²) in [4.78, 5) is 5.00. The van der Waals surface area contributed by atoms with Gasteiger partial charge in [0.05, 0.1) is 7.11 Å². The predicted molar refractivity (Wildman–Crippen MR) is 91.7 cm³/mol. The molecule has 1 heterocycles. The SMILES string of the molecule is COc1cccc(CN2CCN(c3cccc(C)c3)CC2)c1. The van der Waals surface area contributed by atoms with Crippen molar-refractivity contribution in [3.8, 4) is 5.75 Å². The zero-order valence-electron chi connectivity index (χ0n) is 13.5. The number of methoxy groups -OCH3 is 1. The lowest BCUT2D eigenvalue weighted by atomic mass is 10.1. The molecule has 0 N–H and O–H groups in total. The summed E-state index contributed by atoms with van der Waals surface area (Å²) in [6, 6.07) is 17.2. The average Bonchev–Trinajstić information content (AvgIpc) is 2.56. The van der Waals surface area contributed by atoms with Crippen LogP contribution in [0.5, 0.6) is 5.75 Å². The Kier molecular flexibility index (Phi) is 4.64. The number of rotatable bonds is 4. The van der Waals surface area contributed by atoms with Crippen molar-refractivity contribution >= 4 is 5.69 Å². The van der Waals surface area contributed by atoms with E-state index in [0.717, 1.165) is 38.5 Å². The van der Waals surface area contributed by atoms with E-state index in [-0.39, 0.29) is 0 Å². The number of piperazine rings is 1. The van der Waals surface area contributed by atoms with Crippen LogP contribution in [0.15, 0.2) is 48.5 Å². The van der Waals surface area contributed by atoms with E-state index < -0.39 is 0 Å². The van der Waals surface area contributed by atoms with Crippen molar-refractivity contribution in [1.82, 2.24) is 4.90 Å². The Labute approximate surface area is 133 Å². The molecule has 0 radical (unpaired) electrons. The molecule has 3 heteroatoms. The van der Waals surface area contributed by atoms with Crippen LogP contribution in [0.25, 0.3) is 0 Å². The van der Waals surface area contributed by atoms with Gasteiger partial charge in [-0.15, -0.1) is 0 Å². The van der Waals surface area contributed by atoms with Gasteiger partial charge in [-0.2, -0.15) is 0 Å². The quantitative estimate of drug-likeness (QED) is 0.861. The normalized spacial score (nSPS) is 15.8. The highest BCUT2D eigenvalue weighted by Crippen LogP contribution is 2.19. The fourth-order valence-corrected chi connectivity index (χ4v) is 3.02. The fraction of sp³-hybridized carbons (Fsp3) is 0.368. The first kappa shape index (κ1) is 14.9. The zero-order chi connectivity index (χ0) is 15.4. The second-order valence-corrected chi connectivity index (χ2v) is 5.95. The lowest BCUT2D eigenvalue weighted by Gasteiger charge is -2.36. The molecule has 1 fully saturated rings. The average molecular weight is 296 g/mol. The molecule has 0 atom stereocenters. The van der Waals surface area contributed by atoms with E-state index in [1.165, 1.54) is 16.8 Å². The smallest absolute Gasteiger partial charge is 0.119 e. The van der Waals surface area contributed by atoms with Crippen LogP contribution in [0.4, 0.5) is 5.69 Å². The van der Waals surface area contributed by atoms with Crippen LogP contribution in [-0.4, -0.2) is 38.2 Å². The lowest BCUT2D eigenvalue weighted by molar-refractivity contribution is 0.249. The molecule has 1 aliphatic rings. The standard InChI is InChI=1S/C19H24N2O/c1-16-5-3-7-18(13-16)21-11-9-20(10-12-21)15-17-6-4-8-19(14-17)22-2/h3-8,13-14H,9-12,15H2,1-2H3.